The van der Waals surface area contributed by atoms with E-state index in [0.29, 0.717) is 5.56 Å². The van der Waals surface area contributed by atoms with E-state index in [9.17, 15) is 19.1 Å². The zero-order valence-corrected chi connectivity index (χ0v) is 15.3. The Bertz CT molecular complexity index is 1080. The summed E-state index contributed by atoms with van der Waals surface area (Å²) in [6, 6.07) is 17.1. The predicted molar refractivity (Wildman–Crippen MR) is 105 cm³/mol. The van der Waals surface area contributed by atoms with E-state index >= 15 is 0 Å². The number of aromatic nitrogens is 1. The van der Waals surface area contributed by atoms with Crippen LogP contribution in [0.15, 0.2) is 84.7 Å². The molecule has 0 unspecified atom stereocenters. The lowest BCUT2D eigenvalue weighted by molar-refractivity contribution is -0.140. The zero-order chi connectivity index (χ0) is 20.4. The second-order valence-corrected chi connectivity index (χ2v) is 6.71. The molecule has 1 amide bonds. The molecule has 0 spiro atoms. The number of rotatable bonds is 4. The molecule has 0 aliphatic carbocycles. The first-order valence-corrected chi connectivity index (χ1v) is 9.04. The minimum absolute atomic E-state index is 0.0365. The van der Waals surface area contributed by atoms with Gasteiger partial charge in [0.2, 0.25) is 0 Å². The fourth-order valence-electron chi connectivity index (χ4n) is 3.47. The fraction of sp³-hybridized carbons (Fsp3) is 0.0870. The Morgan fingerprint density at radius 3 is 2.38 bits per heavy atom. The second-order valence-electron chi connectivity index (χ2n) is 6.71. The number of carbonyl (C=O) groups excluding carboxylic acids is 2. The van der Waals surface area contributed by atoms with E-state index in [1.165, 1.54) is 29.2 Å². The summed E-state index contributed by atoms with van der Waals surface area (Å²) < 4.78 is 13.3. The van der Waals surface area contributed by atoms with Crippen molar-refractivity contribution < 1.29 is 19.1 Å². The van der Waals surface area contributed by atoms with Gasteiger partial charge >= 0.3 is 0 Å². The molecule has 1 aromatic heterocycles. The summed E-state index contributed by atoms with van der Waals surface area (Å²) in [5, 5.41) is 10.9. The number of aliphatic hydroxyl groups excluding tert-OH is 1. The van der Waals surface area contributed by atoms with Crippen molar-refractivity contribution in [2.24, 2.45) is 0 Å². The van der Waals surface area contributed by atoms with Crippen molar-refractivity contribution in [1.82, 2.24) is 9.88 Å². The summed E-state index contributed by atoms with van der Waals surface area (Å²) >= 11 is 0. The van der Waals surface area contributed by atoms with Crippen molar-refractivity contribution in [3.63, 3.8) is 0 Å². The maximum absolute atomic E-state index is 13.3. The van der Waals surface area contributed by atoms with E-state index in [1.54, 1.807) is 24.5 Å². The molecule has 1 N–H and O–H groups in total. The predicted octanol–water partition coefficient (Wildman–Crippen LogP) is 3.84. The minimum atomic E-state index is -0.797. The van der Waals surface area contributed by atoms with E-state index in [1.807, 2.05) is 30.3 Å². The van der Waals surface area contributed by atoms with Crippen molar-refractivity contribution in [2.75, 3.05) is 0 Å². The number of carbonyl (C=O) groups is 2. The summed E-state index contributed by atoms with van der Waals surface area (Å²) in [7, 11) is 0. The van der Waals surface area contributed by atoms with Crippen LogP contribution in [-0.4, -0.2) is 26.7 Å². The van der Waals surface area contributed by atoms with Gasteiger partial charge in [-0.25, -0.2) is 4.39 Å². The highest BCUT2D eigenvalue weighted by Gasteiger charge is 2.46. The summed E-state index contributed by atoms with van der Waals surface area (Å²) in [5.74, 6) is -2.29. The molecule has 2 heterocycles. The summed E-state index contributed by atoms with van der Waals surface area (Å²) in [5.41, 5.74) is 1.68. The third kappa shape index (κ3) is 3.52. The largest absolute Gasteiger partial charge is 0.507 e. The average Bonchev–Trinajstić information content (AvgIpc) is 3.00. The molecular weight excluding hydrogens is 371 g/mol. The van der Waals surface area contributed by atoms with Gasteiger partial charge in [-0.2, -0.15) is 0 Å². The Balaban J connectivity index is 1.85. The molecular formula is C23H17FN2O3. The van der Waals surface area contributed by atoms with Gasteiger partial charge in [0.05, 0.1) is 11.6 Å². The molecule has 144 valence electrons. The van der Waals surface area contributed by atoms with Gasteiger partial charge < -0.3 is 10.0 Å². The molecule has 1 aliphatic heterocycles. The van der Waals surface area contributed by atoms with Crippen molar-refractivity contribution in [1.29, 1.82) is 0 Å². The molecule has 6 heteroatoms. The number of likely N-dealkylation sites (tertiary alicyclic amines) is 1. The van der Waals surface area contributed by atoms with Gasteiger partial charge in [0.15, 0.2) is 0 Å². The molecule has 4 rings (SSSR count). The van der Waals surface area contributed by atoms with Crippen molar-refractivity contribution in [3.05, 3.63) is 107 Å². The van der Waals surface area contributed by atoms with Gasteiger partial charge in [-0.3, -0.25) is 14.6 Å². The number of Topliss-reactive ketones (excluding diaryl/α,β-unsaturated/α-hetero) is 1. The summed E-state index contributed by atoms with van der Waals surface area (Å²) in [6.07, 6.45) is 3.15. The van der Waals surface area contributed by atoms with Crippen LogP contribution in [0.1, 0.15) is 22.7 Å². The maximum atomic E-state index is 13.3. The molecule has 3 aromatic rings. The number of pyridine rings is 1. The number of amides is 1. The van der Waals surface area contributed by atoms with Crippen molar-refractivity contribution in [3.8, 4) is 0 Å². The SMILES string of the molecule is O=C1C(=O)N(Cc2ccccc2)[C@@H](c2cccnc2)C1=C(O)c1ccc(F)cc1. The van der Waals surface area contributed by atoms with E-state index in [4.69, 9.17) is 0 Å². The van der Waals surface area contributed by atoms with Crippen LogP contribution in [0.25, 0.3) is 5.76 Å². The summed E-state index contributed by atoms with van der Waals surface area (Å²) in [4.78, 5) is 31.2. The molecule has 1 aliphatic rings. The van der Waals surface area contributed by atoms with Gasteiger partial charge in [0.25, 0.3) is 11.7 Å². The van der Waals surface area contributed by atoms with Crippen LogP contribution in [0.2, 0.25) is 0 Å². The lowest BCUT2D eigenvalue weighted by Crippen LogP contribution is -2.29. The van der Waals surface area contributed by atoms with Crippen LogP contribution in [0.3, 0.4) is 0 Å². The van der Waals surface area contributed by atoms with Crippen LogP contribution in [0.5, 0.6) is 0 Å². The van der Waals surface area contributed by atoms with Gasteiger partial charge in [-0.1, -0.05) is 36.4 Å². The van der Waals surface area contributed by atoms with Gasteiger partial charge in [0.1, 0.15) is 11.6 Å². The van der Waals surface area contributed by atoms with Crippen LogP contribution < -0.4 is 0 Å². The third-order valence-electron chi connectivity index (χ3n) is 4.85. The molecule has 1 atom stereocenters. The van der Waals surface area contributed by atoms with Crippen molar-refractivity contribution >= 4 is 17.4 Å². The molecule has 0 radical (unpaired) electrons. The molecule has 0 bridgehead atoms. The van der Waals surface area contributed by atoms with Crippen LogP contribution in [-0.2, 0) is 16.1 Å². The number of benzene rings is 2. The highest BCUT2D eigenvalue weighted by molar-refractivity contribution is 6.46. The van der Waals surface area contributed by atoms with E-state index in [0.717, 1.165) is 5.56 Å². The maximum Gasteiger partial charge on any atom is 0.295 e. The van der Waals surface area contributed by atoms with Crippen molar-refractivity contribution in [2.45, 2.75) is 12.6 Å². The van der Waals surface area contributed by atoms with Gasteiger partial charge in [0, 0.05) is 24.5 Å². The molecule has 1 fully saturated rings. The quantitative estimate of drug-likeness (QED) is 0.419. The Labute approximate surface area is 166 Å². The first kappa shape index (κ1) is 18.6. The van der Waals surface area contributed by atoms with Crippen LogP contribution in [0.4, 0.5) is 4.39 Å². The Morgan fingerprint density at radius 2 is 1.72 bits per heavy atom. The Morgan fingerprint density at radius 1 is 1.00 bits per heavy atom. The molecule has 1 saturated heterocycles. The smallest absolute Gasteiger partial charge is 0.295 e. The number of ketones is 1. The monoisotopic (exact) mass is 388 g/mol. The number of nitrogens with zero attached hydrogens (tertiary/aromatic N) is 2. The fourth-order valence-corrected chi connectivity index (χ4v) is 3.47. The van der Waals surface area contributed by atoms with E-state index in [2.05, 4.69) is 4.98 Å². The normalized spacial score (nSPS) is 18.2. The molecule has 5 nitrogen and oxygen atoms in total. The van der Waals surface area contributed by atoms with E-state index < -0.39 is 23.5 Å². The highest BCUT2D eigenvalue weighted by Crippen LogP contribution is 2.39. The average molecular weight is 388 g/mol. The van der Waals surface area contributed by atoms with Gasteiger partial charge in [-0.15, -0.1) is 0 Å². The highest BCUT2D eigenvalue weighted by atomic mass is 19.1. The molecule has 29 heavy (non-hydrogen) atoms. The first-order valence-electron chi connectivity index (χ1n) is 9.04. The van der Waals surface area contributed by atoms with Crippen LogP contribution in [0, 0.1) is 5.82 Å². The summed E-state index contributed by atoms with van der Waals surface area (Å²) in [6.45, 7) is 0.200. The van der Waals surface area contributed by atoms with Gasteiger partial charge in [-0.05, 0) is 41.5 Å². The number of halogens is 1. The molecule has 0 saturated carbocycles. The lowest BCUT2D eigenvalue weighted by Gasteiger charge is -2.25. The zero-order valence-electron chi connectivity index (χ0n) is 15.3. The topological polar surface area (TPSA) is 70.5 Å². The van der Waals surface area contributed by atoms with E-state index in [-0.39, 0.29) is 23.4 Å². The first-order chi connectivity index (χ1) is 14.1. The second kappa shape index (κ2) is 7.67. The Hall–Kier alpha value is -3.80. The molecule has 2 aromatic carbocycles. The standard InChI is InChI=1S/C23H17FN2O3/c24-18-10-8-16(9-11-18)21(27)19-20(17-7-4-12-25-13-17)26(23(29)22(19)28)14-15-5-2-1-3-6-15/h1-13,20,27H,14H2/t20-/m0/s1. The minimum Gasteiger partial charge on any atom is -0.507 e. The number of aliphatic hydroxyl groups is 1. The lowest BCUT2D eigenvalue weighted by atomic mass is 9.96. The number of hydrogen-bond acceptors (Lipinski definition) is 4. The van der Waals surface area contributed by atoms with Crippen LogP contribution >= 0.6 is 0 Å². The Kier molecular flexibility index (Phi) is 4.91. The number of hydrogen-bond donors (Lipinski definition) is 1. The third-order valence-corrected chi connectivity index (χ3v) is 4.85.